The maximum absolute atomic E-state index is 14.2. The van der Waals surface area contributed by atoms with Crippen molar-refractivity contribution in [1.29, 1.82) is 0 Å². The van der Waals surface area contributed by atoms with Crippen LogP contribution in [0.4, 0.5) is 8.78 Å². The fraction of sp³-hybridized carbons (Fsp3) is 0.241. The summed E-state index contributed by atoms with van der Waals surface area (Å²) in [5.41, 5.74) is -1.14. The topological polar surface area (TPSA) is 102 Å². The molecule has 2 unspecified atom stereocenters. The van der Waals surface area contributed by atoms with Gasteiger partial charge in [0.1, 0.15) is 42.5 Å². The van der Waals surface area contributed by atoms with E-state index in [9.17, 15) is 19.0 Å². The lowest BCUT2D eigenvalue weighted by atomic mass is 9.86. The second kappa shape index (κ2) is 12.9. The van der Waals surface area contributed by atoms with Gasteiger partial charge >= 0.3 is 0 Å². The van der Waals surface area contributed by atoms with Gasteiger partial charge in [0.2, 0.25) is 0 Å². The molecule has 2 atom stereocenters. The van der Waals surface area contributed by atoms with E-state index in [1.807, 2.05) is 31.2 Å². The molecule has 0 aliphatic carbocycles. The largest absolute Gasteiger partial charge is 0.388 e. The van der Waals surface area contributed by atoms with Crippen LogP contribution in [0.3, 0.4) is 0 Å². The van der Waals surface area contributed by atoms with E-state index in [0.29, 0.717) is 30.0 Å². The molecule has 2 aromatic heterocycles. The Morgan fingerprint density at radius 3 is 1.98 bits per heavy atom. The minimum absolute atomic E-state index is 0.0421. The highest BCUT2D eigenvalue weighted by atomic mass is 35.5. The van der Waals surface area contributed by atoms with Crippen LogP contribution in [-0.2, 0) is 25.1 Å². The normalized spacial score (nSPS) is 14.1. The van der Waals surface area contributed by atoms with E-state index in [-0.39, 0.29) is 12.1 Å². The molecule has 0 bridgehead atoms. The third-order valence-corrected chi connectivity index (χ3v) is 6.93. The van der Waals surface area contributed by atoms with Crippen molar-refractivity contribution in [3.8, 4) is 0 Å². The summed E-state index contributed by atoms with van der Waals surface area (Å²) >= 11 is 6.12. The van der Waals surface area contributed by atoms with Crippen LogP contribution in [0.25, 0.3) is 0 Å². The van der Waals surface area contributed by atoms with Crippen molar-refractivity contribution in [3.63, 3.8) is 0 Å². The average molecular weight is 567 g/mol. The Hall–Kier alpha value is -3.99. The van der Waals surface area contributed by atoms with Crippen LogP contribution in [0.1, 0.15) is 30.0 Å². The molecule has 0 amide bonds. The number of nitrogens with zero attached hydrogens (tertiary/aromatic N) is 6. The Bertz CT molecular complexity index is 1480. The summed E-state index contributed by atoms with van der Waals surface area (Å²) in [6.07, 6.45) is 6.95. The van der Waals surface area contributed by atoms with Crippen molar-refractivity contribution in [1.82, 2.24) is 29.5 Å². The van der Waals surface area contributed by atoms with E-state index in [2.05, 4.69) is 20.2 Å². The molecule has 208 valence electrons. The van der Waals surface area contributed by atoms with E-state index in [0.717, 1.165) is 5.56 Å². The van der Waals surface area contributed by atoms with Crippen molar-refractivity contribution < 1.29 is 19.0 Å². The van der Waals surface area contributed by atoms with Gasteiger partial charge in [-0.05, 0) is 41.8 Å². The molecular weight excluding hydrogens is 538 g/mol. The Kier molecular flexibility index (Phi) is 9.36. The molecule has 40 heavy (non-hydrogen) atoms. The smallest absolute Gasteiger partial charge is 0.137 e. The predicted molar refractivity (Wildman–Crippen MR) is 146 cm³/mol. The van der Waals surface area contributed by atoms with Crippen molar-refractivity contribution in [2.75, 3.05) is 0 Å². The summed E-state index contributed by atoms with van der Waals surface area (Å²) in [6, 6.07) is 18.8. The molecule has 2 N–H and O–H groups in total. The Labute approximate surface area is 235 Å². The molecule has 0 radical (unpaired) electrons. The van der Waals surface area contributed by atoms with Crippen LogP contribution in [0.5, 0.6) is 0 Å². The zero-order valence-electron chi connectivity index (χ0n) is 21.8. The number of aliphatic hydroxyl groups is 2. The lowest BCUT2D eigenvalue weighted by Crippen LogP contribution is -2.36. The Morgan fingerprint density at radius 2 is 1.40 bits per heavy atom. The van der Waals surface area contributed by atoms with Crippen LogP contribution in [0.15, 0.2) is 98.1 Å². The van der Waals surface area contributed by atoms with Crippen LogP contribution in [0.2, 0.25) is 5.02 Å². The van der Waals surface area contributed by atoms with E-state index < -0.39 is 22.8 Å². The van der Waals surface area contributed by atoms with Gasteiger partial charge in [-0.2, -0.15) is 10.2 Å². The number of hydrogen-bond acceptors (Lipinski definition) is 6. The number of halogens is 3. The Morgan fingerprint density at radius 1 is 0.800 bits per heavy atom. The maximum Gasteiger partial charge on any atom is 0.137 e. The first-order valence-corrected chi connectivity index (χ1v) is 12.9. The minimum Gasteiger partial charge on any atom is -0.388 e. The average Bonchev–Trinajstić information content (AvgIpc) is 3.65. The summed E-state index contributed by atoms with van der Waals surface area (Å²) in [5, 5.41) is 30.4. The van der Waals surface area contributed by atoms with Gasteiger partial charge in [0.25, 0.3) is 0 Å². The molecule has 3 aromatic carbocycles. The maximum atomic E-state index is 14.2. The molecule has 2 heterocycles. The molecule has 5 rings (SSSR count). The highest BCUT2D eigenvalue weighted by Crippen LogP contribution is 2.33. The summed E-state index contributed by atoms with van der Waals surface area (Å²) in [4.78, 5) is 7.70. The quantitative estimate of drug-likeness (QED) is 0.266. The molecular formula is C29H29ClF2N6O2. The summed E-state index contributed by atoms with van der Waals surface area (Å²) in [7, 11) is 0. The lowest BCUT2D eigenvalue weighted by molar-refractivity contribution is 0.0157. The zero-order chi connectivity index (χ0) is 28.6. The lowest BCUT2D eigenvalue weighted by Gasteiger charge is -2.29. The summed E-state index contributed by atoms with van der Waals surface area (Å²) < 4.78 is 30.4. The molecule has 11 heteroatoms. The summed E-state index contributed by atoms with van der Waals surface area (Å²) in [6.45, 7) is 2.32. The molecule has 0 saturated carbocycles. The standard InChI is InChI=1S/C16H13F2N3O.C13H16ClN3O/c17-13-7-5-12(6-8-13)16(22,9-21-11-19-10-20-21)14-3-1-2-4-15(14)18;1-2-13(18,8-17-10-15-9-16-17)7-11-5-3-4-6-12(11)14/h1-8,10-11,22H,9H2;3-6,9-10,18H,2,7-8H2,1H3. The van der Waals surface area contributed by atoms with Crippen molar-refractivity contribution >= 4 is 11.6 Å². The van der Waals surface area contributed by atoms with Crippen LogP contribution >= 0.6 is 11.6 Å². The molecule has 0 spiro atoms. The van der Waals surface area contributed by atoms with Crippen LogP contribution < -0.4 is 0 Å². The first-order chi connectivity index (χ1) is 19.2. The Balaban J connectivity index is 0.000000189. The summed E-state index contributed by atoms with van der Waals surface area (Å²) in [5.74, 6) is -0.977. The third kappa shape index (κ3) is 7.15. The minimum atomic E-state index is -1.69. The highest BCUT2D eigenvalue weighted by molar-refractivity contribution is 6.31. The molecule has 0 aliphatic heterocycles. The van der Waals surface area contributed by atoms with Gasteiger partial charge < -0.3 is 10.2 Å². The van der Waals surface area contributed by atoms with Gasteiger partial charge in [0, 0.05) is 17.0 Å². The number of aromatic nitrogens is 6. The van der Waals surface area contributed by atoms with E-state index in [1.165, 1.54) is 60.1 Å². The van der Waals surface area contributed by atoms with E-state index in [4.69, 9.17) is 11.6 Å². The van der Waals surface area contributed by atoms with Crippen molar-refractivity contribution in [2.45, 2.75) is 44.1 Å². The molecule has 0 saturated heterocycles. The SMILES string of the molecule is CCC(O)(Cc1ccccc1Cl)Cn1cncn1.OC(Cn1cncn1)(c1ccc(F)cc1)c1ccccc1F. The van der Waals surface area contributed by atoms with Crippen LogP contribution in [-0.4, -0.2) is 45.3 Å². The number of benzene rings is 3. The monoisotopic (exact) mass is 566 g/mol. The van der Waals surface area contributed by atoms with Gasteiger partial charge in [-0.25, -0.2) is 23.4 Å². The number of hydrogen-bond donors (Lipinski definition) is 2. The van der Waals surface area contributed by atoms with Gasteiger partial charge in [0.05, 0.1) is 18.7 Å². The predicted octanol–water partition coefficient (Wildman–Crippen LogP) is 4.81. The van der Waals surface area contributed by atoms with Crippen molar-refractivity contribution in [3.05, 3.63) is 131 Å². The fourth-order valence-electron chi connectivity index (χ4n) is 4.31. The zero-order valence-corrected chi connectivity index (χ0v) is 22.5. The number of rotatable bonds is 9. The first-order valence-electron chi connectivity index (χ1n) is 12.6. The van der Waals surface area contributed by atoms with E-state index >= 15 is 0 Å². The second-order valence-corrected chi connectivity index (χ2v) is 9.79. The van der Waals surface area contributed by atoms with Gasteiger partial charge in [-0.3, -0.25) is 4.68 Å². The molecule has 8 nitrogen and oxygen atoms in total. The van der Waals surface area contributed by atoms with Crippen LogP contribution in [0, 0.1) is 11.6 Å². The van der Waals surface area contributed by atoms with E-state index in [1.54, 1.807) is 23.1 Å². The molecule has 0 aliphatic rings. The molecule has 0 fully saturated rings. The fourth-order valence-corrected chi connectivity index (χ4v) is 4.51. The van der Waals surface area contributed by atoms with Crippen molar-refractivity contribution in [2.24, 2.45) is 0 Å². The van der Waals surface area contributed by atoms with Gasteiger partial charge in [-0.1, -0.05) is 67.1 Å². The van der Waals surface area contributed by atoms with Gasteiger partial charge in [-0.15, -0.1) is 0 Å². The molecule has 5 aromatic rings. The third-order valence-electron chi connectivity index (χ3n) is 6.56. The second-order valence-electron chi connectivity index (χ2n) is 9.38. The van der Waals surface area contributed by atoms with Gasteiger partial charge in [0.15, 0.2) is 0 Å². The first kappa shape index (κ1) is 29.0. The highest BCUT2D eigenvalue weighted by Gasteiger charge is 2.35.